The number of imidazole rings is 1. The molecule has 4 nitrogen and oxygen atoms in total. The topological polar surface area (TPSA) is 46.4 Å². The summed E-state index contributed by atoms with van der Waals surface area (Å²) in [5.41, 5.74) is 2.63. The number of rotatable bonds is 5. The van der Waals surface area contributed by atoms with Crippen LogP contribution in [0.4, 0.5) is 4.39 Å². The molecule has 0 saturated heterocycles. The van der Waals surface area contributed by atoms with Crippen LogP contribution in [0, 0.1) is 5.82 Å². The zero-order valence-electron chi connectivity index (χ0n) is 12.0. The number of aromatic nitrogens is 2. The molecule has 2 aromatic heterocycles. The summed E-state index contributed by atoms with van der Waals surface area (Å²) in [7, 11) is 0. The molecule has 0 saturated carbocycles. The number of hydrogen-bond donors (Lipinski definition) is 1. The van der Waals surface area contributed by atoms with Gasteiger partial charge in [0.1, 0.15) is 11.5 Å². The molecule has 5 heteroatoms. The molecule has 0 atom stereocenters. The van der Waals surface area contributed by atoms with Crippen molar-refractivity contribution in [3.05, 3.63) is 71.9 Å². The van der Waals surface area contributed by atoms with E-state index >= 15 is 0 Å². The Bertz CT molecular complexity index is 747. The highest BCUT2D eigenvalue weighted by molar-refractivity contribution is 5.78. The first-order valence-electron chi connectivity index (χ1n) is 7.14. The van der Waals surface area contributed by atoms with Gasteiger partial charge in [0.25, 0.3) is 0 Å². The van der Waals surface area contributed by atoms with Gasteiger partial charge in [-0.25, -0.2) is 9.37 Å². The number of benzene rings is 1. The Morgan fingerprint density at radius 3 is 2.77 bits per heavy atom. The van der Waals surface area contributed by atoms with Gasteiger partial charge in [-0.2, -0.15) is 0 Å². The second-order valence-electron chi connectivity index (χ2n) is 5.10. The van der Waals surface area contributed by atoms with Crippen LogP contribution in [0.3, 0.4) is 0 Å². The van der Waals surface area contributed by atoms with E-state index in [9.17, 15) is 9.18 Å². The number of amides is 1. The van der Waals surface area contributed by atoms with E-state index in [1.54, 1.807) is 12.1 Å². The maximum absolute atomic E-state index is 12.8. The van der Waals surface area contributed by atoms with Gasteiger partial charge >= 0.3 is 0 Å². The van der Waals surface area contributed by atoms with Crippen molar-refractivity contribution in [2.75, 3.05) is 6.54 Å². The highest BCUT2D eigenvalue weighted by atomic mass is 19.1. The molecule has 1 aromatic carbocycles. The van der Waals surface area contributed by atoms with E-state index in [4.69, 9.17) is 0 Å². The van der Waals surface area contributed by atoms with E-state index in [0.717, 1.165) is 16.9 Å². The molecule has 0 bridgehead atoms. The second kappa shape index (κ2) is 6.39. The first-order valence-corrected chi connectivity index (χ1v) is 7.14. The van der Waals surface area contributed by atoms with Gasteiger partial charge in [0.2, 0.25) is 5.91 Å². The van der Waals surface area contributed by atoms with Crippen molar-refractivity contribution in [1.29, 1.82) is 0 Å². The predicted octanol–water partition coefficient (Wildman–Crippen LogP) is 2.37. The highest BCUT2D eigenvalue weighted by Crippen LogP contribution is 2.05. The molecule has 0 aliphatic heterocycles. The minimum atomic E-state index is -0.295. The Kier molecular flexibility index (Phi) is 4.14. The molecule has 0 unspecified atom stereocenters. The Labute approximate surface area is 127 Å². The van der Waals surface area contributed by atoms with Crippen molar-refractivity contribution in [2.24, 2.45) is 0 Å². The van der Waals surface area contributed by atoms with E-state index in [1.807, 2.05) is 35.0 Å². The molecule has 3 aromatic rings. The molecule has 0 aliphatic carbocycles. The third-order valence-electron chi connectivity index (χ3n) is 3.40. The van der Waals surface area contributed by atoms with Crippen LogP contribution in [0.2, 0.25) is 0 Å². The maximum atomic E-state index is 12.8. The summed E-state index contributed by atoms with van der Waals surface area (Å²) in [5.74, 6) is -0.369. The fourth-order valence-corrected chi connectivity index (χ4v) is 2.29. The summed E-state index contributed by atoms with van der Waals surface area (Å²) < 4.78 is 14.7. The van der Waals surface area contributed by atoms with Gasteiger partial charge in [-0.15, -0.1) is 0 Å². The van der Waals surface area contributed by atoms with Gasteiger partial charge in [-0.05, 0) is 29.8 Å². The number of carbonyl (C=O) groups is 1. The third kappa shape index (κ3) is 3.49. The van der Waals surface area contributed by atoms with Crippen LogP contribution >= 0.6 is 0 Å². The van der Waals surface area contributed by atoms with E-state index in [0.29, 0.717) is 13.0 Å². The minimum absolute atomic E-state index is 0.0737. The van der Waals surface area contributed by atoms with Gasteiger partial charge in [0.15, 0.2) is 0 Å². The van der Waals surface area contributed by atoms with E-state index in [1.165, 1.54) is 12.1 Å². The summed E-state index contributed by atoms with van der Waals surface area (Å²) in [4.78, 5) is 16.3. The smallest absolute Gasteiger partial charge is 0.224 e. The molecular formula is C17H16FN3O. The molecule has 0 spiro atoms. The number of carbonyl (C=O) groups excluding carboxylic acids is 1. The van der Waals surface area contributed by atoms with E-state index in [2.05, 4.69) is 10.3 Å². The molecule has 1 amide bonds. The SMILES string of the molecule is O=C(Cc1ccc(F)cc1)NCCc1cn2ccccc2n1. The first kappa shape index (κ1) is 14.3. The molecule has 0 radical (unpaired) electrons. The first-order chi connectivity index (χ1) is 10.7. The van der Waals surface area contributed by atoms with Gasteiger partial charge in [0.05, 0.1) is 12.1 Å². The third-order valence-corrected chi connectivity index (χ3v) is 3.40. The summed E-state index contributed by atoms with van der Waals surface area (Å²) >= 11 is 0. The normalized spacial score (nSPS) is 10.8. The van der Waals surface area contributed by atoms with Crippen LogP contribution < -0.4 is 5.32 Å². The van der Waals surface area contributed by atoms with Crippen molar-refractivity contribution >= 4 is 11.6 Å². The number of hydrogen-bond acceptors (Lipinski definition) is 2. The summed E-state index contributed by atoms with van der Waals surface area (Å²) in [5, 5.41) is 2.86. The average molecular weight is 297 g/mol. The zero-order valence-corrected chi connectivity index (χ0v) is 12.0. The van der Waals surface area contributed by atoms with Gasteiger partial charge in [-0.1, -0.05) is 18.2 Å². The lowest BCUT2D eigenvalue weighted by Crippen LogP contribution is -2.27. The summed E-state index contributed by atoms with van der Waals surface area (Å²) in [6.07, 6.45) is 4.84. The maximum Gasteiger partial charge on any atom is 0.224 e. The van der Waals surface area contributed by atoms with Crippen molar-refractivity contribution in [2.45, 2.75) is 12.8 Å². The van der Waals surface area contributed by atoms with Crippen LogP contribution in [0.25, 0.3) is 5.65 Å². The number of nitrogens with zero attached hydrogens (tertiary/aromatic N) is 2. The summed E-state index contributed by atoms with van der Waals surface area (Å²) in [6.45, 7) is 0.532. The number of halogens is 1. The molecular weight excluding hydrogens is 281 g/mol. The highest BCUT2D eigenvalue weighted by Gasteiger charge is 2.05. The Morgan fingerprint density at radius 2 is 2.00 bits per heavy atom. The molecule has 0 fully saturated rings. The minimum Gasteiger partial charge on any atom is -0.355 e. The van der Waals surface area contributed by atoms with E-state index < -0.39 is 0 Å². The largest absolute Gasteiger partial charge is 0.355 e. The van der Waals surface area contributed by atoms with Crippen LogP contribution in [-0.2, 0) is 17.6 Å². The van der Waals surface area contributed by atoms with Crippen LogP contribution in [0.15, 0.2) is 54.9 Å². The van der Waals surface area contributed by atoms with Crippen molar-refractivity contribution in [3.8, 4) is 0 Å². The lowest BCUT2D eigenvalue weighted by Gasteiger charge is -2.04. The van der Waals surface area contributed by atoms with Gasteiger partial charge in [-0.3, -0.25) is 4.79 Å². The van der Waals surface area contributed by atoms with Crippen molar-refractivity contribution in [3.63, 3.8) is 0 Å². The molecule has 22 heavy (non-hydrogen) atoms. The van der Waals surface area contributed by atoms with E-state index in [-0.39, 0.29) is 18.1 Å². The Hall–Kier alpha value is -2.69. The van der Waals surface area contributed by atoms with Crippen LogP contribution in [0.5, 0.6) is 0 Å². The Morgan fingerprint density at radius 1 is 1.18 bits per heavy atom. The molecule has 112 valence electrons. The number of nitrogens with one attached hydrogen (secondary N) is 1. The van der Waals surface area contributed by atoms with Crippen molar-refractivity contribution < 1.29 is 9.18 Å². The number of pyridine rings is 1. The predicted molar refractivity (Wildman–Crippen MR) is 82.0 cm³/mol. The number of fused-ring (bicyclic) bond motifs is 1. The van der Waals surface area contributed by atoms with Crippen LogP contribution in [-0.4, -0.2) is 21.8 Å². The second-order valence-corrected chi connectivity index (χ2v) is 5.10. The van der Waals surface area contributed by atoms with Crippen molar-refractivity contribution in [1.82, 2.24) is 14.7 Å². The lowest BCUT2D eigenvalue weighted by atomic mass is 10.1. The lowest BCUT2D eigenvalue weighted by molar-refractivity contribution is -0.120. The average Bonchev–Trinajstić information content (AvgIpc) is 2.92. The fourth-order valence-electron chi connectivity index (χ4n) is 2.29. The molecule has 2 heterocycles. The summed E-state index contributed by atoms with van der Waals surface area (Å²) in [6, 6.07) is 11.8. The molecule has 3 rings (SSSR count). The van der Waals surface area contributed by atoms with Gasteiger partial charge < -0.3 is 9.72 Å². The van der Waals surface area contributed by atoms with Crippen LogP contribution in [0.1, 0.15) is 11.3 Å². The standard InChI is InChI=1S/C17H16FN3O/c18-14-6-4-13(5-7-14)11-17(22)19-9-8-15-12-21-10-2-1-3-16(21)20-15/h1-7,10,12H,8-9,11H2,(H,19,22). The zero-order chi connectivity index (χ0) is 15.4. The fraction of sp³-hybridized carbons (Fsp3) is 0.176. The quantitative estimate of drug-likeness (QED) is 0.786. The monoisotopic (exact) mass is 297 g/mol. The molecule has 1 N–H and O–H groups in total. The Balaban J connectivity index is 1.49. The van der Waals surface area contributed by atoms with Gasteiger partial charge in [0, 0.05) is 25.4 Å². The molecule has 0 aliphatic rings.